The molecule has 0 atom stereocenters. The molecule has 0 aliphatic carbocycles. The smallest absolute Gasteiger partial charge is 0.0949 e. The van der Waals surface area contributed by atoms with Crippen molar-refractivity contribution >= 4 is 11.8 Å². The second kappa shape index (κ2) is 6.47. The molecule has 0 radical (unpaired) electrons. The van der Waals surface area contributed by atoms with Crippen molar-refractivity contribution in [1.29, 1.82) is 0 Å². The summed E-state index contributed by atoms with van der Waals surface area (Å²) in [5, 5.41) is 0. The summed E-state index contributed by atoms with van der Waals surface area (Å²) >= 11 is 1.88. The predicted octanol–water partition coefficient (Wildman–Crippen LogP) is 2.12. The van der Waals surface area contributed by atoms with Gasteiger partial charge in [0.2, 0.25) is 0 Å². The van der Waals surface area contributed by atoms with Gasteiger partial charge in [-0.1, -0.05) is 24.3 Å². The van der Waals surface area contributed by atoms with E-state index in [0.29, 0.717) is 0 Å². The van der Waals surface area contributed by atoms with Gasteiger partial charge in [0.05, 0.1) is 6.33 Å². The van der Waals surface area contributed by atoms with Crippen LogP contribution < -0.4 is 5.73 Å². The molecular formula is C13H17N3S. The Hall–Kier alpha value is -1.26. The number of benzene rings is 1. The molecular weight excluding hydrogens is 230 g/mol. The Bertz CT molecular complexity index is 422. The number of nitrogens with two attached hydrogens (primary N) is 1. The van der Waals surface area contributed by atoms with Crippen molar-refractivity contribution in [3.05, 3.63) is 54.1 Å². The highest BCUT2D eigenvalue weighted by atomic mass is 32.2. The molecule has 2 rings (SSSR count). The third-order valence-electron chi connectivity index (χ3n) is 2.48. The molecule has 1 aromatic heterocycles. The lowest BCUT2D eigenvalue weighted by atomic mass is 10.1. The lowest BCUT2D eigenvalue weighted by molar-refractivity contribution is 0.797. The number of thioether (sulfide) groups is 1. The second-order valence-corrected chi connectivity index (χ2v) is 5.00. The van der Waals surface area contributed by atoms with E-state index in [2.05, 4.69) is 33.8 Å². The molecule has 0 aliphatic rings. The van der Waals surface area contributed by atoms with Gasteiger partial charge in [-0.05, 0) is 11.1 Å². The Morgan fingerprint density at radius 2 is 1.94 bits per heavy atom. The lowest BCUT2D eigenvalue weighted by Crippen LogP contribution is -2.01. The fraction of sp³-hybridized carbons (Fsp3) is 0.308. The van der Waals surface area contributed by atoms with Crippen LogP contribution >= 0.6 is 11.8 Å². The molecule has 0 saturated heterocycles. The molecule has 1 heterocycles. The molecule has 4 heteroatoms. The summed E-state index contributed by atoms with van der Waals surface area (Å²) in [6, 6.07) is 8.74. The first-order chi connectivity index (χ1) is 8.38. The van der Waals surface area contributed by atoms with Crippen molar-refractivity contribution in [3.8, 4) is 0 Å². The van der Waals surface area contributed by atoms with E-state index >= 15 is 0 Å². The minimum absolute atomic E-state index is 0.753. The third kappa shape index (κ3) is 3.91. The van der Waals surface area contributed by atoms with Crippen molar-refractivity contribution in [2.45, 2.75) is 12.3 Å². The Morgan fingerprint density at radius 1 is 1.18 bits per heavy atom. The first-order valence-electron chi connectivity index (χ1n) is 5.70. The topological polar surface area (TPSA) is 43.8 Å². The number of hydrogen-bond acceptors (Lipinski definition) is 3. The van der Waals surface area contributed by atoms with Crippen molar-refractivity contribution < 1.29 is 0 Å². The van der Waals surface area contributed by atoms with Gasteiger partial charge in [0.1, 0.15) is 0 Å². The van der Waals surface area contributed by atoms with Crippen LogP contribution in [0.1, 0.15) is 11.1 Å². The predicted molar refractivity (Wildman–Crippen MR) is 73.0 cm³/mol. The number of rotatable bonds is 6. The van der Waals surface area contributed by atoms with Gasteiger partial charge in [0.15, 0.2) is 0 Å². The molecule has 0 spiro atoms. The monoisotopic (exact) mass is 247 g/mol. The molecule has 0 bridgehead atoms. The number of hydrogen-bond donors (Lipinski definition) is 1. The molecule has 0 saturated carbocycles. The summed E-state index contributed by atoms with van der Waals surface area (Å²) in [6.07, 6.45) is 5.62. The van der Waals surface area contributed by atoms with Gasteiger partial charge in [-0.3, -0.25) is 0 Å². The molecule has 90 valence electrons. The lowest BCUT2D eigenvalue weighted by Gasteiger charge is -2.04. The highest BCUT2D eigenvalue weighted by Crippen LogP contribution is 2.13. The zero-order valence-electron chi connectivity index (χ0n) is 9.75. The van der Waals surface area contributed by atoms with Gasteiger partial charge in [-0.2, -0.15) is 11.8 Å². The van der Waals surface area contributed by atoms with Gasteiger partial charge in [-0.15, -0.1) is 0 Å². The van der Waals surface area contributed by atoms with Crippen LogP contribution in [-0.4, -0.2) is 21.8 Å². The van der Waals surface area contributed by atoms with Crippen LogP contribution in [-0.2, 0) is 12.3 Å². The van der Waals surface area contributed by atoms with Crippen LogP contribution in [0.15, 0.2) is 43.0 Å². The zero-order valence-corrected chi connectivity index (χ0v) is 10.6. The van der Waals surface area contributed by atoms with Crippen LogP contribution in [0.2, 0.25) is 0 Å². The molecule has 0 fully saturated rings. The molecule has 2 N–H and O–H groups in total. The minimum atomic E-state index is 0.753. The summed E-state index contributed by atoms with van der Waals surface area (Å²) < 4.78 is 2.07. The molecule has 1 aromatic carbocycles. The van der Waals surface area contributed by atoms with E-state index in [1.54, 1.807) is 6.20 Å². The SMILES string of the molecule is NCCSCc1ccc(Cn2ccnc2)cc1. The maximum atomic E-state index is 5.46. The van der Waals surface area contributed by atoms with Crippen molar-refractivity contribution in [2.24, 2.45) is 5.73 Å². The van der Waals surface area contributed by atoms with E-state index in [1.807, 2.05) is 24.3 Å². The fourth-order valence-electron chi connectivity index (χ4n) is 1.61. The van der Waals surface area contributed by atoms with E-state index in [9.17, 15) is 0 Å². The summed E-state index contributed by atoms with van der Waals surface area (Å²) in [6.45, 7) is 1.64. The number of aromatic nitrogens is 2. The van der Waals surface area contributed by atoms with Crippen molar-refractivity contribution in [2.75, 3.05) is 12.3 Å². The number of imidazole rings is 1. The van der Waals surface area contributed by atoms with Crippen molar-refractivity contribution in [1.82, 2.24) is 9.55 Å². The Kier molecular flexibility index (Phi) is 4.64. The van der Waals surface area contributed by atoms with E-state index < -0.39 is 0 Å². The normalized spacial score (nSPS) is 10.6. The average molecular weight is 247 g/mol. The minimum Gasteiger partial charge on any atom is -0.333 e. The molecule has 0 amide bonds. The van der Waals surface area contributed by atoms with Gasteiger partial charge in [0.25, 0.3) is 0 Å². The average Bonchev–Trinajstić information content (AvgIpc) is 2.85. The van der Waals surface area contributed by atoms with Crippen LogP contribution in [0.5, 0.6) is 0 Å². The van der Waals surface area contributed by atoms with E-state index in [4.69, 9.17) is 5.73 Å². The zero-order chi connectivity index (χ0) is 11.9. The maximum absolute atomic E-state index is 5.46. The second-order valence-electron chi connectivity index (χ2n) is 3.89. The van der Waals surface area contributed by atoms with Gasteiger partial charge < -0.3 is 10.3 Å². The van der Waals surface area contributed by atoms with E-state index in [-0.39, 0.29) is 0 Å². The largest absolute Gasteiger partial charge is 0.333 e. The highest BCUT2D eigenvalue weighted by Gasteiger charge is 1.96. The van der Waals surface area contributed by atoms with E-state index in [0.717, 1.165) is 24.6 Å². The Morgan fingerprint density at radius 3 is 2.59 bits per heavy atom. The third-order valence-corrected chi connectivity index (χ3v) is 3.54. The van der Waals surface area contributed by atoms with Crippen LogP contribution in [0.25, 0.3) is 0 Å². The van der Waals surface area contributed by atoms with Crippen LogP contribution in [0.4, 0.5) is 0 Å². The van der Waals surface area contributed by atoms with E-state index in [1.165, 1.54) is 11.1 Å². The first-order valence-corrected chi connectivity index (χ1v) is 6.85. The quantitative estimate of drug-likeness (QED) is 0.795. The van der Waals surface area contributed by atoms with Gasteiger partial charge >= 0.3 is 0 Å². The standard InChI is InChI=1S/C13H17N3S/c14-5-8-17-10-13-3-1-12(2-4-13)9-16-7-6-15-11-16/h1-4,6-7,11H,5,8-10,14H2. The van der Waals surface area contributed by atoms with Gasteiger partial charge in [-0.25, -0.2) is 4.98 Å². The Balaban J connectivity index is 1.89. The summed E-state index contributed by atoms with van der Waals surface area (Å²) in [5.74, 6) is 2.07. The van der Waals surface area contributed by atoms with Crippen LogP contribution in [0.3, 0.4) is 0 Å². The highest BCUT2D eigenvalue weighted by molar-refractivity contribution is 7.98. The molecule has 17 heavy (non-hydrogen) atoms. The molecule has 0 unspecified atom stereocenters. The summed E-state index contributed by atoms with van der Waals surface area (Å²) in [7, 11) is 0. The summed E-state index contributed by atoms with van der Waals surface area (Å²) in [4.78, 5) is 4.03. The Labute approximate surface area is 106 Å². The molecule has 3 nitrogen and oxygen atoms in total. The van der Waals surface area contributed by atoms with Crippen LogP contribution in [0, 0.1) is 0 Å². The molecule has 0 aliphatic heterocycles. The molecule has 2 aromatic rings. The first kappa shape index (κ1) is 12.2. The summed E-state index contributed by atoms with van der Waals surface area (Å²) in [5.41, 5.74) is 8.12. The van der Waals surface area contributed by atoms with Crippen molar-refractivity contribution in [3.63, 3.8) is 0 Å². The van der Waals surface area contributed by atoms with Gasteiger partial charge in [0, 0.05) is 37.0 Å². The number of nitrogens with zero attached hydrogens (tertiary/aromatic N) is 2. The fourth-order valence-corrected chi connectivity index (χ4v) is 2.34. The maximum Gasteiger partial charge on any atom is 0.0949 e.